The van der Waals surface area contributed by atoms with E-state index in [-0.39, 0.29) is 0 Å². The number of amides is 2. The van der Waals surface area contributed by atoms with Crippen molar-refractivity contribution in [1.82, 2.24) is 25.4 Å². The van der Waals surface area contributed by atoms with Crippen LogP contribution < -0.4 is 10.9 Å². The van der Waals surface area contributed by atoms with Crippen molar-refractivity contribution in [3.05, 3.63) is 76.3 Å². The number of pyridine rings is 1. The molecule has 4 aromatic rings. The van der Waals surface area contributed by atoms with Gasteiger partial charge in [-0.25, -0.2) is 4.98 Å². The maximum Gasteiger partial charge on any atom is 0.283 e. The fourth-order valence-corrected chi connectivity index (χ4v) is 3.73. The molecular formula is C22H19N5O2S. The van der Waals surface area contributed by atoms with Gasteiger partial charge in [0.05, 0.1) is 22.5 Å². The van der Waals surface area contributed by atoms with Crippen LogP contribution in [-0.4, -0.2) is 26.4 Å². The second-order valence-electron chi connectivity index (χ2n) is 6.75. The Balaban J connectivity index is 1.64. The molecule has 2 heterocycles. The third-order valence-electron chi connectivity index (χ3n) is 4.69. The Morgan fingerprint density at radius 2 is 1.73 bits per heavy atom. The van der Waals surface area contributed by atoms with Crippen molar-refractivity contribution in [2.24, 2.45) is 0 Å². The molecule has 0 bridgehead atoms. The molecule has 0 radical (unpaired) electrons. The van der Waals surface area contributed by atoms with E-state index in [0.29, 0.717) is 39.2 Å². The van der Waals surface area contributed by atoms with E-state index in [1.54, 1.807) is 6.07 Å². The van der Waals surface area contributed by atoms with Gasteiger partial charge in [0.1, 0.15) is 4.88 Å². The zero-order valence-electron chi connectivity index (χ0n) is 16.5. The van der Waals surface area contributed by atoms with Gasteiger partial charge < -0.3 is 0 Å². The third kappa shape index (κ3) is 3.90. The SMILES string of the molecule is CCc1nnsc1C(=O)NNC(=O)c1cc(-c2ccc(C)cc2)nc2ccccc12. The maximum atomic E-state index is 12.9. The highest BCUT2D eigenvalue weighted by molar-refractivity contribution is 7.08. The van der Waals surface area contributed by atoms with Gasteiger partial charge >= 0.3 is 0 Å². The summed E-state index contributed by atoms with van der Waals surface area (Å²) in [6, 6.07) is 17.1. The Hall–Kier alpha value is -3.65. The van der Waals surface area contributed by atoms with E-state index in [1.807, 2.05) is 62.4 Å². The molecule has 0 spiro atoms. The average Bonchev–Trinajstić information content (AvgIpc) is 3.26. The minimum Gasteiger partial charge on any atom is -0.267 e. The van der Waals surface area contributed by atoms with E-state index in [1.165, 1.54) is 0 Å². The van der Waals surface area contributed by atoms with Crippen LogP contribution in [0, 0.1) is 6.92 Å². The lowest BCUT2D eigenvalue weighted by Crippen LogP contribution is -2.41. The molecule has 0 aliphatic heterocycles. The van der Waals surface area contributed by atoms with Gasteiger partial charge in [-0.05, 0) is 37.0 Å². The first-order valence-electron chi connectivity index (χ1n) is 9.45. The number of hydrogen-bond acceptors (Lipinski definition) is 6. The topological polar surface area (TPSA) is 96.9 Å². The zero-order valence-corrected chi connectivity index (χ0v) is 17.3. The first kappa shape index (κ1) is 19.7. The number of benzene rings is 2. The molecule has 2 N–H and O–H groups in total. The molecule has 2 aromatic heterocycles. The van der Waals surface area contributed by atoms with E-state index in [0.717, 1.165) is 22.7 Å². The molecule has 0 unspecified atom stereocenters. The maximum absolute atomic E-state index is 12.9. The summed E-state index contributed by atoms with van der Waals surface area (Å²) >= 11 is 0.999. The van der Waals surface area contributed by atoms with Gasteiger partial charge in [0, 0.05) is 10.9 Å². The van der Waals surface area contributed by atoms with Gasteiger partial charge in [0.25, 0.3) is 11.8 Å². The average molecular weight is 417 g/mol. The van der Waals surface area contributed by atoms with Crippen LogP contribution in [0.2, 0.25) is 0 Å². The molecule has 0 aliphatic rings. The van der Waals surface area contributed by atoms with Crippen molar-refractivity contribution < 1.29 is 9.59 Å². The number of aromatic nitrogens is 3. The quantitative estimate of drug-likeness (QED) is 0.494. The van der Waals surface area contributed by atoms with Gasteiger partial charge in [-0.15, -0.1) is 5.10 Å². The second kappa shape index (κ2) is 8.38. The largest absolute Gasteiger partial charge is 0.283 e. The van der Waals surface area contributed by atoms with Crippen LogP contribution in [0.25, 0.3) is 22.2 Å². The minimum absolute atomic E-state index is 0.387. The molecule has 150 valence electrons. The van der Waals surface area contributed by atoms with Crippen LogP contribution >= 0.6 is 11.5 Å². The van der Waals surface area contributed by atoms with Crippen LogP contribution in [0.1, 0.15) is 38.2 Å². The Labute approximate surface area is 177 Å². The number of hydrazine groups is 1. The van der Waals surface area contributed by atoms with Crippen molar-refractivity contribution in [2.75, 3.05) is 0 Å². The number of nitrogens with one attached hydrogen (secondary N) is 2. The van der Waals surface area contributed by atoms with Crippen molar-refractivity contribution >= 4 is 34.2 Å². The first-order valence-corrected chi connectivity index (χ1v) is 10.2. The fraction of sp³-hybridized carbons (Fsp3) is 0.136. The lowest BCUT2D eigenvalue weighted by atomic mass is 10.0. The van der Waals surface area contributed by atoms with Crippen LogP contribution in [0.3, 0.4) is 0 Å². The van der Waals surface area contributed by atoms with Crippen LogP contribution in [0.4, 0.5) is 0 Å². The number of fused-ring (bicyclic) bond motifs is 1. The Kier molecular flexibility index (Phi) is 5.49. The number of carbonyl (C=O) groups excluding carboxylic acids is 2. The smallest absolute Gasteiger partial charge is 0.267 e. The van der Waals surface area contributed by atoms with Crippen molar-refractivity contribution in [3.63, 3.8) is 0 Å². The van der Waals surface area contributed by atoms with E-state index >= 15 is 0 Å². The second-order valence-corrected chi connectivity index (χ2v) is 7.50. The van der Waals surface area contributed by atoms with E-state index in [9.17, 15) is 9.59 Å². The van der Waals surface area contributed by atoms with Gasteiger partial charge in [0.2, 0.25) is 0 Å². The molecule has 30 heavy (non-hydrogen) atoms. The zero-order chi connectivity index (χ0) is 21.1. The van der Waals surface area contributed by atoms with Crippen LogP contribution in [0.5, 0.6) is 0 Å². The van der Waals surface area contributed by atoms with Crippen molar-refractivity contribution in [1.29, 1.82) is 0 Å². The lowest BCUT2D eigenvalue weighted by Gasteiger charge is -2.11. The Morgan fingerprint density at radius 1 is 1.00 bits per heavy atom. The predicted molar refractivity (Wildman–Crippen MR) is 116 cm³/mol. The summed E-state index contributed by atoms with van der Waals surface area (Å²) in [5.41, 5.74) is 9.43. The molecule has 7 nitrogen and oxygen atoms in total. The highest BCUT2D eigenvalue weighted by atomic mass is 32.1. The Morgan fingerprint density at radius 3 is 2.50 bits per heavy atom. The molecule has 0 atom stereocenters. The number of hydrogen-bond donors (Lipinski definition) is 2. The summed E-state index contributed by atoms with van der Waals surface area (Å²) in [6.45, 7) is 3.91. The molecule has 8 heteroatoms. The summed E-state index contributed by atoms with van der Waals surface area (Å²) in [5, 5.41) is 4.62. The molecule has 4 rings (SSSR count). The van der Waals surface area contributed by atoms with Gasteiger partial charge in [-0.1, -0.05) is 59.4 Å². The first-order chi connectivity index (χ1) is 14.6. The normalized spacial score (nSPS) is 10.7. The summed E-state index contributed by atoms with van der Waals surface area (Å²) < 4.78 is 3.80. The van der Waals surface area contributed by atoms with Crippen molar-refractivity contribution in [2.45, 2.75) is 20.3 Å². The highest BCUT2D eigenvalue weighted by Crippen LogP contribution is 2.25. The lowest BCUT2D eigenvalue weighted by molar-refractivity contribution is 0.0849. The molecule has 2 amide bonds. The predicted octanol–water partition coefficient (Wildman–Crippen LogP) is 3.70. The van der Waals surface area contributed by atoms with Crippen LogP contribution in [0.15, 0.2) is 54.6 Å². The molecular weight excluding hydrogens is 398 g/mol. The van der Waals surface area contributed by atoms with E-state index in [4.69, 9.17) is 4.98 Å². The summed E-state index contributed by atoms with van der Waals surface area (Å²) in [5.74, 6) is -0.863. The number of rotatable bonds is 4. The molecule has 0 saturated carbocycles. The molecule has 0 aliphatic carbocycles. The summed E-state index contributed by atoms with van der Waals surface area (Å²) in [7, 11) is 0. The number of carbonyl (C=O) groups is 2. The fourth-order valence-electron chi connectivity index (χ4n) is 3.09. The minimum atomic E-state index is -0.438. The van der Waals surface area contributed by atoms with Crippen LogP contribution in [-0.2, 0) is 6.42 Å². The van der Waals surface area contributed by atoms with Crippen molar-refractivity contribution in [3.8, 4) is 11.3 Å². The van der Waals surface area contributed by atoms with Gasteiger partial charge in [0.15, 0.2) is 0 Å². The standard InChI is InChI=1S/C22H19N5O2S/c1-3-17-20(30-27-24-17)22(29)26-25-21(28)16-12-19(14-10-8-13(2)9-11-14)23-18-7-5-4-6-15(16)18/h4-12H,3H2,1-2H3,(H,25,28)(H,26,29). The third-order valence-corrected chi connectivity index (χ3v) is 5.46. The number of aryl methyl sites for hydroxylation is 2. The Bertz CT molecular complexity index is 1230. The number of nitrogens with zero attached hydrogens (tertiary/aromatic N) is 3. The molecule has 0 fully saturated rings. The summed E-state index contributed by atoms with van der Waals surface area (Å²) in [6.07, 6.45) is 0.585. The highest BCUT2D eigenvalue weighted by Gasteiger charge is 2.18. The van der Waals surface area contributed by atoms with Gasteiger partial charge in [-0.2, -0.15) is 0 Å². The summed E-state index contributed by atoms with van der Waals surface area (Å²) in [4.78, 5) is 30.4. The molecule has 2 aromatic carbocycles. The van der Waals surface area contributed by atoms with Gasteiger partial charge in [-0.3, -0.25) is 20.4 Å². The molecule has 0 saturated heterocycles. The number of para-hydroxylation sites is 1. The van der Waals surface area contributed by atoms with E-state index < -0.39 is 11.8 Å². The monoisotopic (exact) mass is 417 g/mol. The van der Waals surface area contributed by atoms with E-state index in [2.05, 4.69) is 20.4 Å².